The van der Waals surface area contributed by atoms with Crippen molar-refractivity contribution in [3.8, 4) is 0 Å². The van der Waals surface area contributed by atoms with E-state index in [0.29, 0.717) is 12.0 Å². The maximum absolute atomic E-state index is 6.17. The van der Waals surface area contributed by atoms with E-state index in [0.717, 1.165) is 50.0 Å². The van der Waals surface area contributed by atoms with Gasteiger partial charge in [-0.2, -0.15) is 0 Å². The van der Waals surface area contributed by atoms with E-state index in [1.54, 1.807) is 0 Å². The van der Waals surface area contributed by atoms with Gasteiger partial charge < -0.3 is 14.8 Å². The van der Waals surface area contributed by atoms with Crippen molar-refractivity contribution in [2.24, 2.45) is 5.92 Å². The predicted octanol–water partition coefficient (Wildman–Crippen LogP) is 3.69. The van der Waals surface area contributed by atoms with E-state index in [4.69, 9.17) is 9.47 Å². The first-order chi connectivity index (χ1) is 10.2. The summed E-state index contributed by atoms with van der Waals surface area (Å²) >= 11 is 3.58. The summed E-state index contributed by atoms with van der Waals surface area (Å²) in [4.78, 5) is 0. The second kappa shape index (κ2) is 6.78. The SMILES string of the molecule is CNC(c1cccc(Br)c1)C1CCOC2(CCOCC2)C1. The van der Waals surface area contributed by atoms with Crippen molar-refractivity contribution in [1.29, 1.82) is 0 Å². The van der Waals surface area contributed by atoms with Crippen molar-refractivity contribution in [3.63, 3.8) is 0 Å². The third-order valence-electron chi connectivity index (χ3n) is 4.93. The van der Waals surface area contributed by atoms with E-state index in [-0.39, 0.29) is 5.60 Å². The van der Waals surface area contributed by atoms with Crippen LogP contribution >= 0.6 is 15.9 Å². The number of nitrogens with one attached hydrogen (secondary N) is 1. The van der Waals surface area contributed by atoms with Gasteiger partial charge in [-0.05, 0) is 56.3 Å². The van der Waals surface area contributed by atoms with Gasteiger partial charge in [-0.3, -0.25) is 0 Å². The molecule has 0 bridgehead atoms. The Labute approximate surface area is 135 Å². The van der Waals surface area contributed by atoms with E-state index in [2.05, 4.69) is 52.6 Å². The average molecular weight is 354 g/mol. The van der Waals surface area contributed by atoms with E-state index in [9.17, 15) is 0 Å². The Morgan fingerprint density at radius 2 is 2.10 bits per heavy atom. The van der Waals surface area contributed by atoms with Crippen LogP contribution in [0.5, 0.6) is 0 Å². The summed E-state index contributed by atoms with van der Waals surface area (Å²) in [6.07, 6.45) is 4.34. The standard InChI is InChI=1S/C17H24BrNO2/c1-19-16(13-3-2-4-15(18)11-13)14-5-8-21-17(12-14)6-9-20-10-7-17/h2-4,11,14,16,19H,5-10,12H2,1H3. The monoisotopic (exact) mass is 353 g/mol. The fourth-order valence-corrected chi connectivity index (χ4v) is 4.23. The molecule has 1 aromatic rings. The largest absolute Gasteiger partial charge is 0.381 e. The molecular weight excluding hydrogens is 330 g/mol. The molecule has 4 heteroatoms. The van der Waals surface area contributed by atoms with E-state index < -0.39 is 0 Å². The molecule has 2 unspecified atom stereocenters. The minimum atomic E-state index is 0.0578. The number of benzene rings is 1. The zero-order chi connectivity index (χ0) is 14.7. The van der Waals surface area contributed by atoms with Crippen LogP contribution in [0, 0.1) is 5.92 Å². The Balaban J connectivity index is 1.77. The van der Waals surface area contributed by atoms with Gasteiger partial charge in [-0.15, -0.1) is 0 Å². The number of hydrogen-bond acceptors (Lipinski definition) is 3. The first-order valence-electron chi connectivity index (χ1n) is 7.87. The molecule has 0 aliphatic carbocycles. The van der Waals surface area contributed by atoms with Crippen LogP contribution in [0.1, 0.15) is 37.3 Å². The molecule has 0 radical (unpaired) electrons. The van der Waals surface area contributed by atoms with Crippen LogP contribution in [-0.4, -0.2) is 32.5 Å². The molecular formula is C17H24BrNO2. The van der Waals surface area contributed by atoms with E-state index in [1.807, 2.05) is 0 Å². The molecule has 1 spiro atoms. The summed E-state index contributed by atoms with van der Waals surface area (Å²) in [6, 6.07) is 9.05. The van der Waals surface area contributed by atoms with Crippen molar-refractivity contribution in [1.82, 2.24) is 5.32 Å². The molecule has 3 rings (SSSR count). The summed E-state index contributed by atoms with van der Waals surface area (Å²) in [6.45, 7) is 2.55. The highest BCUT2D eigenvalue weighted by molar-refractivity contribution is 9.10. The van der Waals surface area contributed by atoms with Gasteiger partial charge in [0.2, 0.25) is 0 Å². The third-order valence-corrected chi connectivity index (χ3v) is 5.42. The Morgan fingerprint density at radius 1 is 1.29 bits per heavy atom. The molecule has 2 atom stereocenters. The molecule has 2 fully saturated rings. The zero-order valence-electron chi connectivity index (χ0n) is 12.6. The fourth-order valence-electron chi connectivity index (χ4n) is 3.82. The normalized spacial score (nSPS) is 26.7. The van der Waals surface area contributed by atoms with Crippen molar-refractivity contribution >= 4 is 15.9 Å². The van der Waals surface area contributed by atoms with E-state index in [1.165, 1.54) is 5.56 Å². The van der Waals surface area contributed by atoms with Gasteiger partial charge in [0, 0.05) is 30.3 Å². The minimum Gasteiger partial charge on any atom is -0.381 e. The maximum atomic E-state index is 6.17. The van der Waals surface area contributed by atoms with Crippen molar-refractivity contribution in [3.05, 3.63) is 34.3 Å². The summed E-state index contributed by atoms with van der Waals surface area (Å²) in [7, 11) is 2.07. The van der Waals surface area contributed by atoms with Crippen molar-refractivity contribution in [2.45, 2.75) is 37.3 Å². The highest BCUT2D eigenvalue weighted by Crippen LogP contribution is 2.41. The molecule has 21 heavy (non-hydrogen) atoms. The zero-order valence-corrected chi connectivity index (χ0v) is 14.2. The van der Waals surface area contributed by atoms with Gasteiger partial charge >= 0.3 is 0 Å². The van der Waals surface area contributed by atoms with Crippen LogP contribution in [0.3, 0.4) is 0 Å². The topological polar surface area (TPSA) is 30.5 Å². The molecule has 116 valence electrons. The quantitative estimate of drug-likeness (QED) is 0.898. The van der Waals surface area contributed by atoms with Crippen LogP contribution in [0.25, 0.3) is 0 Å². The van der Waals surface area contributed by atoms with Gasteiger partial charge in [-0.1, -0.05) is 28.1 Å². The van der Waals surface area contributed by atoms with Crippen LogP contribution in [0.15, 0.2) is 28.7 Å². The molecule has 2 aliphatic heterocycles. The van der Waals surface area contributed by atoms with Crippen LogP contribution in [0.2, 0.25) is 0 Å². The molecule has 2 heterocycles. The van der Waals surface area contributed by atoms with Gasteiger partial charge in [0.1, 0.15) is 0 Å². The third kappa shape index (κ3) is 3.50. The smallest absolute Gasteiger partial charge is 0.0729 e. The highest BCUT2D eigenvalue weighted by Gasteiger charge is 2.41. The van der Waals surface area contributed by atoms with Gasteiger partial charge in [0.15, 0.2) is 0 Å². The lowest BCUT2D eigenvalue weighted by Gasteiger charge is -2.45. The van der Waals surface area contributed by atoms with Crippen LogP contribution < -0.4 is 5.32 Å². The van der Waals surface area contributed by atoms with Crippen LogP contribution in [0.4, 0.5) is 0 Å². The second-order valence-corrected chi connectivity index (χ2v) is 7.13. The summed E-state index contributed by atoms with van der Waals surface area (Å²) < 4.78 is 12.8. The van der Waals surface area contributed by atoms with Crippen molar-refractivity contribution in [2.75, 3.05) is 26.9 Å². The van der Waals surface area contributed by atoms with Crippen molar-refractivity contribution < 1.29 is 9.47 Å². The van der Waals surface area contributed by atoms with Gasteiger partial charge in [0.25, 0.3) is 0 Å². The molecule has 0 aromatic heterocycles. The molecule has 0 amide bonds. The second-order valence-electron chi connectivity index (χ2n) is 6.22. The lowest BCUT2D eigenvalue weighted by Crippen LogP contribution is -2.46. The summed E-state index contributed by atoms with van der Waals surface area (Å²) in [5.41, 5.74) is 1.42. The highest BCUT2D eigenvalue weighted by atomic mass is 79.9. The molecule has 0 saturated carbocycles. The Morgan fingerprint density at radius 3 is 2.81 bits per heavy atom. The maximum Gasteiger partial charge on any atom is 0.0729 e. The summed E-state index contributed by atoms with van der Waals surface area (Å²) in [5, 5.41) is 3.53. The van der Waals surface area contributed by atoms with Gasteiger partial charge in [0.05, 0.1) is 5.60 Å². The number of halogens is 1. The Bertz CT molecular complexity index is 468. The molecule has 1 N–H and O–H groups in total. The Kier molecular flexibility index (Phi) is 4.99. The first-order valence-corrected chi connectivity index (χ1v) is 8.66. The molecule has 1 aromatic carbocycles. The average Bonchev–Trinajstić information content (AvgIpc) is 2.49. The minimum absolute atomic E-state index is 0.0578. The number of rotatable bonds is 3. The van der Waals surface area contributed by atoms with Gasteiger partial charge in [-0.25, -0.2) is 0 Å². The fraction of sp³-hybridized carbons (Fsp3) is 0.647. The first kappa shape index (κ1) is 15.5. The van der Waals surface area contributed by atoms with Crippen LogP contribution in [-0.2, 0) is 9.47 Å². The predicted molar refractivity (Wildman–Crippen MR) is 87.4 cm³/mol. The number of ether oxygens (including phenoxy) is 2. The lowest BCUT2D eigenvalue weighted by atomic mass is 9.76. The number of hydrogen-bond donors (Lipinski definition) is 1. The molecule has 3 nitrogen and oxygen atoms in total. The summed E-state index contributed by atoms with van der Waals surface area (Å²) in [5.74, 6) is 0.621. The van der Waals surface area contributed by atoms with E-state index >= 15 is 0 Å². The Hall–Kier alpha value is -0.420. The molecule has 2 aliphatic rings. The molecule has 2 saturated heterocycles. The lowest BCUT2D eigenvalue weighted by molar-refractivity contribution is -0.150.